The van der Waals surface area contributed by atoms with Crippen LogP contribution >= 0.6 is 0 Å². The van der Waals surface area contributed by atoms with Gasteiger partial charge < -0.3 is 9.64 Å². The summed E-state index contributed by atoms with van der Waals surface area (Å²) in [4.78, 5) is 15.1. The fourth-order valence-electron chi connectivity index (χ4n) is 3.15. The van der Waals surface area contributed by atoms with Crippen molar-refractivity contribution in [1.29, 1.82) is 0 Å². The maximum Gasteiger partial charge on any atom is 0.258 e. The van der Waals surface area contributed by atoms with E-state index >= 15 is 0 Å². The Morgan fingerprint density at radius 2 is 1.79 bits per heavy atom. The molecule has 2 aromatic rings. The molecule has 0 bridgehead atoms. The molecule has 0 aliphatic carbocycles. The highest BCUT2D eigenvalue weighted by Crippen LogP contribution is 2.22. The smallest absolute Gasteiger partial charge is 0.258 e. The van der Waals surface area contributed by atoms with Gasteiger partial charge in [-0.15, -0.1) is 0 Å². The van der Waals surface area contributed by atoms with Gasteiger partial charge in [0.25, 0.3) is 5.91 Å². The van der Waals surface area contributed by atoms with Gasteiger partial charge in [-0.25, -0.2) is 8.42 Å². The van der Waals surface area contributed by atoms with Crippen molar-refractivity contribution in [3.63, 3.8) is 0 Å². The van der Waals surface area contributed by atoms with Crippen molar-refractivity contribution in [1.82, 2.24) is 4.31 Å². The first-order chi connectivity index (χ1) is 13.5. The van der Waals surface area contributed by atoms with Crippen LogP contribution in [0.15, 0.2) is 59.5 Å². The van der Waals surface area contributed by atoms with Crippen molar-refractivity contribution in [2.24, 2.45) is 0 Å². The highest BCUT2D eigenvalue weighted by atomic mass is 32.2. The van der Waals surface area contributed by atoms with E-state index in [1.807, 2.05) is 30.3 Å². The van der Waals surface area contributed by atoms with Crippen molar-refractivity contribution in [3.05, 3.63) is 60.2 Å². The first-order valence-electron chi connectivity index (χ1n) is 9.59. The van der Waals surface area contributed by atoms with E-state index in [9.17, 15) is 13.2 Å². The first kappa shape index (κ1) is 20.5. The molecule has 150 valence electrons. The summed E-state index contributed by atoms with van der Waals surface area (Å²) in [6.45, 7) is 4.08. The Hall–Kier alpha value is -2.22. The largest absolute Gasteiger partial charge is 0.379 e. The van der Waals surface area contributed by atoms with Gasteiger partial charge in [0, 0.05) is 30.9 Å². The molecule has 1 aliphatic heterocycles. The average molecular weight is 403 g/mol. The molecule has 0 unspecified atom stereocenters. The Morgan fingerprint density at radius 3 is 2.46 bits per heavy atom. The molecule has 6 nitrogen and oxygen atoms in total. The molecule has 3 rings (SSSR count). The number of amides is 1. The van der Waals surface area contributed by atoms with Crippen LogP contribution in [0.25, 0.3) is 0 Å². The summed E-state index contributed by atoms with van der Waals surface area (Å²) in [5.41, 5.74) is 1.18. The molecule has 0 saturated carbocycles. The van der Waals surface area contributed by atoms with E-state index in [1.165, 1.54) is 10.4 Å². The number of anilines is 1. The SMILES string of the molecule is CCCCN(C(=O)c1cccc(S(=O)(=O)N2CCOCC2)c1)c1ccccc1. The molecule has 0 aromatic heterocycles. The van der Waals surface area contributed by atoms with E-state index < -0.39 is 10.0 Å². The van der Waals surface area contributed by atoms with Gasteiger partial charge in [0.05, 0.1) is 18.1 Å². The molecule has 1 aliphatic rings. The lowest BCUT2D eigenvalue weighted by molar-refractivity contribution is 0.0730. The maximum atomic E-state index is 13.2. The van der Waals surface area contributed by atoms with Gasteiger partial charge in [-0.2, -0.15) is 4.31 Å². The lowest BCUT2D eigenvalue weighted by atomic mass is 10.1. The summed E-state index contributed by atoms with van der Waals surface area (Å²) < 4.78 is 32.5. The number of ether oxygens (including phenoxy) is 1. The Bertz CT molecular complexity index is 894. The standard InChI is InChI=1S/C21H26N2O4S/c1-2-3-12-23(19-9-5-4-6-10-19)21(24)18-8-7-11-20(17-18)28(25,26)22-13-15-27-16-14-22/h4-11,17H,2-3,12-16H2,1H3. The van der Waals surface area contributed by atoms with Gasteiger partial charge in [-0.05, 0) is 36.8 Å². The quantitative estimate of drug-likeness (QED) is 0.714. The number of carbonyl (C=O) groups excluding carboxylic acids is 1. The Kier molecular flexibility index (Phi) is 6.83. The van der Waals surface area contributed by atoms with Crippen molar-refractivity contribution in [3.8, 4) is 0 Å². The topological polar surface area (TPSA) is 66.9 Å². The predicted octanol–water partition coefficient (Wildman–Crippen LogP) is 3.15. The van der Waals surface area contributed by atoms with Crippen LogP contribution in [0.4, 0.5) is 5.69 Å². The summed E-state index contributed by atoms with van der Waals surface area (Å²) in [5.74, 6) is -0.196. The van der Waals surface area contributed by atoms with Gasteiger partial charge in [0.1, 0.15) is 0 Å². The van der Waals surface area contributed by atoms with E-state index in [0.29, 0.717) is 38.4 Å². The molecule has 1 saturated heterocycles. The van der Waals surface area contributed by atoms with Gasteiger partial charge in [-0.1, -0.05) is 37.6 Å². The zero-order chi connectivity index (χ0) is 20.0. The lowest BCUT2D eigenvalue weighted by Crippen LogP contribution is -2.40. The number of hydrogen-bond acceptors (Lipinski definition) is 4. The molecule has 0 atom stereocenters. The number of nitrogens with zero attached hydrogens (tertiary/aromatic N) is 2. The predicted molar refractivity (Wildman–Crippen MR) is 109 cm³/mol. The fraction of sp³-hybridized carbons (Fsp3) is 0.381. The van der Waals surface area contributed by atoms with Gasteiger partial charge in [0.2, 0.25) is 10.0 Å². The number of morpholine rings is 1. The summed E-state index contributed by atoms with van der Waals surface area (Å²) in [6.07, 6.45) is 1.83. The molecule has 0 radical (unpaired) electrons. The first-order valence-corrected chi connectivity index (χ1v) is 11.0. The second-order valence-electron chi connectivity index (χ2n) is 6.69. The van der Waals surface area contributed by atoms with Gasteiger partial charge in [0.15, 0.2) is 0 Å². The molecule has 1 fully saturated rings. The van der Waals surface area contributed by atoms with Gasteiger partial charge >= 0.3 is 0 Å². The third kappa shape index (κ3) is 4.60. The molecular weight excluding hydrogens is 376 g/mol. The van der Waals surface area contributed by atoms with E-state index in [4.69, 9.17) is 4.74 Å². The monoisotopic (exact) mass is 402 g/mol. The molecule has 28 heavy (non-hydrogen) atoms. The molecular formula is C21H26N2O4S. The van der Waals surface area contributed by atoms with Crippen LogP contribution in [0.2, 0.25) is 0 Å². The molecule has 0 spiro atoms. The van der Waals surface area contributed by atoms with E-state index in [-0.39, 0.29) is 10.8 Å². The van der Waals surface area contributed by atoms with Crippen LogP contribution < -0.4 is 4.90 Å². The Labute approximate surface area is 166 Å². The van der Waals surface area contributed by atoms with Crippen LogP contribution in [0, 0.1) is 0 Å². The highest BCUT2D eigenvalue weighted by Gasteiger charge is 2.27. The Balaban J connectivity index is 1.90. The number of para-hydroxylation sites is 1. The zero-order valence-electron chi connectivity index (χ0n) is 16.1. The number of carbonyl (C=O) groups is 1. The van der Waals surface area contributed by atoms with E-state index in [0.717, 1.165) is 18.5 Å². The van der Waals surface area contributed by atoms with Crippen LogP contribution in [-0.4, -0.2) is 51.5 Å². The third-order valence-corrected chi connectivity index (χ3v) is 6.63. The molecule has 7 heteroatoms. The Morgan fingerprint density at radius 1 is 1.07 bits per heavy atom. The minimum Gasteiger partial charge on any atom is -0.379 e. The summed E-state index contributed by atoms with van der Waals surface area (Å²) >= 11 is 0. The average Bonchev–Trinajstić information content (AvgIpc) is 2.75. The zero-order valence-corrected chi connectivity index (χ0v) is 16.9. The molecule has 0 N–H and O–H groups in total. The van der Waals surface area contributed by atoms with Crippen molar-refractivity contribution in [2.75, 3.05) is 37.7 Å². The second kappa shape index (κ2) is 9.32. The second-order valence-corrected chi connectivity index (χ2v) is 8.63. The van der Waals surface area contributed by atoms with Crippen LogP contribution in [0.3, 0.4) is 0 Å². The lowest BCUT2D eigenvalue weighted by Gasteiger charge is -2.26. The molecule has 2 aromatic carbocycles. The van der Waals surface area contributed by atoms with Gasteiger partial charge in [-0.3, -0.25) is 4.79 Å². The van der Waals surface area contributed by atoms with E-state index in [1.54, 1.807) is 23.1 Å². The minimum absolute atomic E-state index is 0.142. The molecule has 1 amide bonds. The summed E-state index contributed by atoms with van der Waals surface area (Å²) in [6, 6.07) is 15.8. The van der Waals surface area contributed by atoms with Crippen molar-refractivity contribution >= 4 is 21.6 Å². The summed E-state index contributed by atoms with van der Waals surface area (Å²) in [5, 5.41) is 0. The number of hydrogen-bond donors (Lipinski definition) is 0. The van der Waals surface area contributed by atoms with Crippen LogP contribution in [0.1, 0.15) is 30.1 Å². The maximum absolute atomic E-state index is 13.2. The summed E-state index contributed by atoms with van der Waals surface area (Å²) in [7, 11) is -3.64. The normalized spacial score (nSPS) is 15.3. The minimum atomic E-state index is -3.64. The fourth-order valence-corrected chi connectivity index (χ4v) is 4.61. The van der Waals surface area contributed by atoms with Crippen LogP contribution in [0.5, 0.6) is 0 Å². The molecule has 1 heterocycles. The van der Waals surface area contributed by atoms with Crippen LogP contribution in [-0.2, 0) is 14.8 Å². The van der Waals surface area contributed by atoms with Crippen molar-refractivity contribution < 1.29 is 17.9 Å². The van der Waals surface area contributed by atoms with Crippen molar-refractivity contribution in [2.45, 2.75) is 24.7 Å². The number of unbranched alkanes of at least 4 members (excludes halogenated alkanes) is 1. The number of sulfonamides is 1. The van der Waals surface area contributed by atoms with E-state index in [2.05, 4.69) is 6.92 Å². The highest BCUT2D eigenvalue weighted by molar-refractivity contribution is 7.89. The third-order valence-electron chi connectivity index (χ3n) is 4.74. The number of rotatable bonds is 7. The number of benzene rings is 2.